The third kappa shape index (κ3) is 4.11. The van der Waals surface area contributed by atoms with E-state index in [1.165, 1.54) is 12.1 Å². The summed E-state index contributed by atoms with van der Waals surface area (Å²) in [6.07, 6.45) is 1.99. The van der Waals surface area contributed by atoms with Gasteiger partial charge in [0.15, 0.2) is 0 Å². The monoisotopic (exact) mass is 247 g/mol. The third-order valence-corrected chi connectivity index (χ3v) is 3.21. The van der Waals surface area contributed by atoms with E-state index in [1.807, 2.05) is 6.26 Å². The average Bonchev–Trinajstić information content (AvgIpc) is 2.18. The Morgan fingerprint density at radius 3 is 2.40 bits per heavy atom. The Kier molecular flexibility index (Phi) is 4.44. The zero-order valence-electron chi connectivity index (χ0n) is 8.34. The molecule has 0 aliphatic carbocycles. The minimum absolute atomic E-state index is 0.0970. The molecule has 0 aliphatic heterocycles. The minimum atomic E-state index is -3.60. The van der Waals surface area contributed by atoms with Gasteiger partial charge in [-0.05, 0) is 30.5 Å². The molecule has 0 aliphatic rings. The van der Waals surface area contributed by atoms with Gasteiger partial charge in [0.1, 0.15) is 5.75 Å². The van der Waals surface area contributed by atoms with Crippen molar-refractivity contribution < 1.29 is 13.2 Å². The molecule has 0 amide bonds. The van der Waals surface area contributed by atoms with Crippen LogP contribution in [0.3, 0.4) is 0 Å². The molecule has 1 aromatic rings. The van der Waals surface area contributed by atoms with Crippen LogP contribution in [0.2, 0.25) is 0 Å². The number of benzene rings is 1. The lowest BCUT2D eigenvalue weighted by Crippen LogP contribution is -2.11. The van der Waals surface area contributed by atoms with E-state index in [9.17, 15) is 8.42 Å². The Hall–Kier alpha value is -0.720. The van der Waals surface area contributed by atoms with Gasteiger partial charge >= 0.3 is 0 Å². The Bertz CT molecular complexity index is 400. The van der Waals surface area contributed by atoms with Crippen LogP contribution in [0.4, 0.5) is 0 Å². The van der Waals surface area contributed by atoms with Crippen LogP contribution >= 0.6 is 11.8 Å². The number of nitrogens with two attached hydrogens (primary N) is 1. The summed E-state index contributed by atoms with van der Waals surface area (Å²) >= 11 is 1.69. The second kappa shape index (κ2) is 5.39. The van der Waals surface area contributed by atoms with Crippen molar-refractivity contribution in [3.63, 3.8) is 0 Å². The maximum Gasteiger partial charge on any atom is 0.238 e. The van der Waals surface area contributed by atoms with Gasteiger partial charge in [0.25, 0.3) is 0 Å². The molecule has 1 aromatic carbocycles. The summed E-state index contributed by atoms with van der Waals surface area (Å²) in [5.41, 5.74) is 0. The number of hydrogen-bond acceptors (Lipinski definition) is 4. The maximum absolute atomic E-state index is 10.9. The number of thioether (sulfide) groups is 1. The second-order valence-corrected chi connectivity index (χ2v) is 5.40. The molecule has 0 saturated heterocycles. The molecule has 15 heavy (non-hydrogen) atoms. The van der Waals surface area contributed by atoms with Crippen LogP contribution in [-0.4, -0.2) is 27.0 Å². The highest BCUT2D eigenvalue weighted by molar-refractivity contribution is 7.98. The fraction of sp³-hybridized carbons (Fsp3) is 0.333. The molecule has 84 valence electrons. The fourth-order valence-corrected chi connectivity index (χ4v) is 1.73. The summed E-state index contributed by atoms with van der Waals surface area (Å²) < 4.78 is 27.2. The highest BCUT2D eigenvalue weighted by atomic mass is 32.2. The lowest BCUT2D eigenvalue weighted by Gasteiger charge is -2.05. The van der Waals surface area contributed by atoms with Gasteiger partial charge in [0.2, 0.25) is 10.0 Å². The molecule has 0 saturated carbocycles. The van der Waals surface area contributed by atoms with Crippen molar-refractivity contribution in [2.24, 2.45) is 5.14 Å². The van der Waals surface area contributed by atoms with Crippen molar-refractivity contribution >= 4 is 21.8 Å². The van der Waals surface area contributed by atoms with Crippen molar-refractivity contribution in [2.45, 2.75) is 4.90 Å². The summed E-state index contributed by atoms with van der Waals surface area (Å²) in [5, 5.41) is 4.96. The van der Waals surface area contributed by atoms with E-state index in [0.29, 0.717) is 12.4 Å². The summed E-state index contributed by atoms with van der Waals surface area (Å²) in [6.45, 7) is 0.607. The average molecular weight is 247 g/mol. The van der Waals surface area contributed by atoms with Gasteiger partial charge in [-0.1, -0.05) is 0 Å². The van der Waals surface area contributed by atoms with E-state index in [-0.39, 0.29) is 4.90 Å². The SMILES string of the molecule is CSCCOc1ccc(S(N)(=O)=O)cc1. The molecule has 0 bridgehead atoms. The molecular weight excluding hydrogens is 234 g/mol. The van der Waals surface area contributed by atoms with E-state index in [1.54, 1.807) is 23.9 Å². The van der Waals surface area contributed by atoms with Crippen molar-refractivity contribution in [2.75, 3.05) is 18.6 Å². The number of hydrogen-bond donors (Lipinski definition) is 1. The predicted octanol–water partition coefficient (Wildman–Crippen LogP) is 1.08. The maximum atomic E-state index is 10.9. The quantitative estimate of drug-likeness (QED) is 0.790. The molecule has 4 nitrogen and oxygen atoms in total. The fourth-order valence-electron chi connectivity index (χ4n) is 0.968. The number of sulfonamides is 1. The molecule has 0 unspecified atom stereocenters. The zero-order chi connectivity index (χ0) is 11.3. The topological polar surface area (TPSA) is 69.4 Å². The van der Waals surface area contributed by atoms with Gasteiger partial charge in [0, 0.05) is 5.75 Å². The normalized spacial score (nSPS) is 11.3. The smallest absolute Gasteiger partial charge is 0.238 e. The van der Waals surface area contributed by atoms with E-state index in [0.717, 1.165) is 5.75 Å². The summed E-state index contributed by atoms with van der Waals surface area (Å²) in [7, 11) is -3.60. The summed E-state index contributed by atoms with van der Waals surface area (Å²) in [5.74, 6) is 1.55. The standard InChI is InChI=1S/C9H13NO3S2/c1-14-7-6-13-8-2-4-9(5-3-8)15(10,11)12/h2-5H,6-7H2,1H3,(H2,10,11,12). The molecule has 0 spiro atoms. The number of ether oxygens (including phenoxy) is 1. The lowest BCUT2D eigenvalue weighted by atomic mass is 10.3. The van der Waals surface area contributed by atoms with Gasteiger partial charge in [-0.2, -0.15) is 11.8 Å². The van der Waals surface area contributed by atoms with Crippen molar-refractivity contribution in [1.29, 1.82) is 0 Å². The van der Waals surface area contributed by atoms with E-state index >= 15 is 0 Å². The van der Waals surface area contributed by atoms with E-state index < -0.39 is 10.0 Å². The van der Waals surface area contributed by atoms with Crippen LogP contribution in [0.5, 0.6) is 5.75 Å². The third-order valence-electron chi connectivity index (χ3n) is 1.71. The first kappa shape index (κ1) is 12.4. The van der Waals surface area contributed by atoms with Crippen molar-refractivity contribution in [3.05, 3.63) is 24.3 Å². The van der Waals surface area contributed by atoms with Crippen molar-refractivity contribution in [1.82, 2.24) is 0 Å². The molecule has 0 heterocycles. The predicted molar refractivity (Wildman–Crippen MR) is 61.7 cm³/mol. The summed E-state index contributed by atoms with van der Waals surface area (Å²) in [6, 6.07) is 6.06. The highest BCUT2D eigenvalue weighted by Gasteiger charge is 2.06. The van der Waals surface area contributed by atoms with Crippen molar-refractivity contribution in [3.8, 4) is 5.75 Å². The van der Waals surface area contributed by atoms with Crippen LogP contribution in [0.25, 0.3) is 0 Å². The summed E-state index contributed by atoms with van der Waals surface area (Å²) in [4.78, 5) is 0.0970. The van der Waals surface area contributed by atoms with Gasteiger partial charge < -0.3 is 4.74 Å². The number of primary sulfonamides is 1. The number of rotatable bonds is 5. The Morgan fingerprint density at radius 2 is 1.93 bits per heavy atom. The molecular formula is C9H13NO3S2. The molecule has 0 radical (unpaired) electrons. The largest absolute Gasteiger partial charge is 0.493 e. The molecule has 6 heteroatoms. The van der Waals surface area contributed by atoms with Crippen LogP contribution in [0, 0.1) is 0 Å². The first-order valence-corrected chi connectivity index (χ1v) is 7.22. The molecule has 2 N–H and O–H groups in total. The second-order valence-electron chi connectivity index (χ2n) is 2.86. The first-order chi connectivity index (χ1) is 7.04. The van der Waals surface area contributed by atoms with Crippen LogP contribution in [-0.2, 0) is 10.0 Å². The van der Waals surface area contributed by atoms with Crippen LogP contribution < -0.4 is 9.88 Å². The van der Waals surface area contributed by atoms with Crippen LogP contribution in [0.1, 0.15) is 0 Å². The van der Waals surface area contributed by atoms with E-state index in [2.05, 4.69) is 0 Å². The Labute approximate surface area is 93.9 Å². The highest BCUT2D eigenvalue weighted by Crippen LogP contribution is 2.14. The molecule has 0 aromatic heterocycles. The Balaban J connectivity index is 2.65. The van der Waals surface area contributed by atoms with E-state index in [4.69, 9.17) is 9.88 Å². The van der Waals surface area contributed by atoms with Gasteiger partial charge in [-0.25, -0.2) is 13.6 Å². The molecule has 0 atom stereocenters. The van der Waals surface area contributed by atoms with Gasteiger partial charge in [-0.3, -0.25) is 0 Å². The minimum Gasteiger partial charge on any atom is -0.493 e. The van der Waals surface area contributed by atoms with Gasteiger partial charge in [0.05, 0.1) is 11.5 Å². The zero-order valence-corrected chi connectivity index (χ0v) is 9.98. The first-order valence-electron chi connectivity index (χ1n) is 4.28. The van der Waals surface area contributed by atoms with Crippen LogP contribution in [0.15, 0.2) is 29.2 Å². The molecule has 1 rings (SSSR count). The lowest BCUT2D eigenvalue weighted by molar-refractivity contribution is 0.344. The van der Waals surface area contributed by atoms with Gasteiger partial charge in [-0.15, -0.1) is 0 Å². The molecule has 0 fully saturated rings. The Morgan fingerprint density at radius 1 is 1.33 bits per heavy atom.